The molecule has 1 fully saturated rings. The maximum atomic E-state index is 9.73. The normalized spacial score (nSPS) is 18.5. The molecule has 1 unspecified atom stereocenters. The molecule has 1 saturated heterocycles. The van der Waals surface area contributed by atoms with E-state index in [0.717, 1.165) is 0 Å². The first-order valence-electron chi connectivity index (χ1n) is 7.24. The smallest absolute Gasteiger partial charge is 0.160 e. The fraction of sp³-hybridized carbons (Fsp3) is 0.625. The zero-order chi connectivity index (χ0) is 13.8. The average Bonchev–Trinajstić information content (AvgIpc) is 2.41. The van der Waals surface area contributed by atoms with E-state index in [-0.39, 0.29) is 5.75 Å². The molecule has 3 nitrogen and oxygen atoms in total. The topological polar surface area (TPSA) is 32.7 Å². The van der Waals surface area contributed by atoms with Crippen LogP contribution in [-0.2, 0) is 0 Å². The molecule has 0 amide bonds. The number of rotatable bonds is 4. The van der Waals surface area contributed by atoms with Gasteiger partial charge in [-0.05, 0) is 49.5 Å². The Labute approximate surface area is 116 Å². The van der Waals surface area contributed by atoms with Crippen molar-refractivity contribution in [2.75, 3.05) is 20.2 Å². The van der Waals surface area contributed by atoms with Crippen molar-refractivity contribution in [1.29, 1.82) is 0 Å². The van der Waals surface area contributed by atoms with E-state index in [1.54, 1.807) is 13.2 Å². The van der Waals surface area contributed by atoms with Crippen LogP contribution < -0.4 is 4.74 Å². The SMILES string of the molecule is COc1cc(C(C(C)C)N2CCCCC2)ccc1O. The van der Waals surface area contributed by atoms with Crippen molar-refractivity contribution in [3.63, 3.8) is 0 Å². The van der Waals surface area contributed by atoms with E-state index >= 15 is 0 Å². The van der Waals surface area contributed by atoms with E-state index in [1.165, 1.54) is 37.9 Å². The molecule has 1 heterocycles. The average molecular weight is 263 g/mol. The number of hydrogen-bond acceptors (Lipinski definition) is 3. The van der Waals surface area contributed by atoms with Gasteiger partial charge in [-0.3, -0.25) is 4.90 Å². The monoisotopic (exact) mass is 263 g/mol. The van der Waals surface area contributed by atoms with Crippen molar-refractivity contribution in [2.24, 2.45) is 5.92 Å². The second-order valence-corrected chi connectivity index (χ2v) is 5.72. The minimum atomic E-state index is 0.215. The van der Waals surface area contributed by atoms with Gasteiger partial charge in [0.25, 0.3) is 0 Å². The summed E-state index contributed by atoms with van der Waals surface area (Å²) >= 11 is 0. The molecule has 3 heteroatoms. The zero-order valence-corrected chi connectivity index (χ0v) is 12.2. The Hall–Kier alpha value is -1.22. The van der Waals surface area contributed by atoms with Crippen LogP contribution in [0.15, 0.2) is 18.2 Å². The van der Waals surface area contributed by atoms with E-state index < -0.39 is 0 Å². The van der Waals surface area contributed by atoms with Crippen LogP contribution in [-0.4, -0.2) is 30.2 Å². The lowest BCUT2D eigenvalue weighted by molar-refractivity contribution is 0.128. The third-order valence-corrected chi connectivity index (χ3v) is 3.96. The van der Waals surface area contributed by atoms with Gasteiger partial charge in [0.15, 0.2) is 11.5 Å². The number of methoxy groups -OCH3 is 1. The molecule has 0 saturated carbocycles. The zero-order valence-electron chi connectivity index (χ0n) is 12.2. The second kappa shape index (κ2) is 6.29. The molecule has 1 aromatic carbocycles. The maximum absolute atomic E-state index is 9.73. The van der Waals surface area contributed by atoms with Gasteiger partial charge < -0.3 is 9.84 Å². The number of nitrogens with zero attached hydrogens (tertiary/aromatic N) is 1. The number of phenolic OH excluding ortho intramolecular Hbond substituents is 1. The number of phenols is 1. The summed E-state index contributed by atoms with van der Waals surface area (Å²) in [7, 11) is 1.60. The minimum Gasteiger partial charge on any atom is -0.504 e. The number of hydrogen-bond donors (Lipinski definition) is 1. The molecule has 0 radical (unpaired) electrons. The van der Waals surface area contributed by atoms with E-state index in [9.17, 15) is 5.11 Å². The Bertz CT molecular complexity index is 411. The minimum absolute atomic E-state index is 0.215. The van der Waals surface area contributed by atoms with Crippen molar-refractivity contribution in [3.8, 4) is 11.5 Å². The van der Waals surface area contributed by atoms with Crippen molar-refractivity contribution in [1.82, 2.24) is 4.90 Å². The number of piperidine rings is 1. The molecule has 1 aliphatic heterocycles. The highest BCUT2D eigenvalue weighted by Crippen LogP contribution is 2.35. The standard InChI is InChI=1S/C16H25NO2/c1-12(2)16(17-9-5-4-6-10-17)13-7-8-14(18)15(11-13)19-3/h7-8,11-12,16,18H,4-6,9-10H2,1-3H3. The van der Waals surface area contributed by atoms with Crippen molar-refractivity contribution in [3.05, 3.63) is 23.8 Å². The third-order valence-electron chi connectivity index (χ3n) is 3.96. The summed E-state index contributed by atoms with van der Waals surface area (Å²) in [5.74, 6) is 1.33. The van der Waals surface area contributed by atoms with Crippen molar-refractivity contribution >= 4 is 0 Å². The fourth-order valence-electron chi connectivity index (χ4n) is 3.09. The molecule has 1 N–H and O–H groups in total. The molecule has 1 aliphatic rings. The molecule has 106 valence electrons. The van der Waals surface area contributed by atoms with Gasteiger partial charge in [-0.15, -0.1) is 0 Å². The quantitative estimate of drug-likeness (QED) is 0.901. The van der Waals surface area contributed by atoms with E-state index in [2.05, 4.69) is 18.7 Å². The summed E-state index contributed by atoms with van der Waals surface area (Å²) in [6.07, 6.45) is 3.93. The van der Waals surface area contributed by atoms with Crippen LogP contribution in [0.1, 0.15) is 44.7 Å². The van der Waals surface area contributed by atoms with Gasteiger partial charge in [-0.1, -0.05) is 26.3 Å². The molecule has 1 aromatic rings. The summed E-state index contributed by atoms with van der Waals surface area (Å²) in [5.41, 5.74) is 1.24. The van der Waals surface area contributed by atoms with Gasteiger partial charge in [0, 0.05) is 6.04 Å². The predicted octanol–water partition coefficient (Wildman–Crippen LogP) is 3.58. The molecule has 0 aromatic heterocycles. The lowest BCUT2D eigenvalue weighted by atomic mass is 9.92. The summed E-state index contributed by atoms with van der Waals surface area (Å²) in [4.78, 5) is 2.57. The largest absolute Gasteiger partial charge is 0.504 e. The Morgan fingerprint density at radius 1 is 1.16 bits per heavy atom. The first-order valence-corrected chi connectivity index (χ1v) is 7.24. The summed E-state index contributed by atoms with van der Waals surface area (Å²) in [6.45, 7) is 6.87. The van der Waals surface area contributed by atoms with Gasteiger partial charge >= 0.3 is 0 Å². The molecule has 0 aliphatic carbocycles. The van der Waals surface area contributed by atoms with Gasteiger partial charge in [-0.25, -0.2) is 0 Å². The first kappa shape index (κ1) is 14.2. The van der Waals surface area contributed by atoms with Gasteiger partial charge in [0.05, 0.1) is 7.11 Å². The van der Waals surface area contributed by atoms with E-state index in [4.69, 9.17) is 4.74 Å². The lowest BCUT2D eigenvalue weighted by Gasteiger charge is -2.37. The van der Waals surface area contributed by atoms with Gasteiger partial charge in [0.1, 0.15) is 0 Å². The number of benzene rings is 1. The Morgan fingerprint density at radius 3 is 2.42 bits per heavy atom. The summed E-state index contributed by atoms with van der Waals surface area (Å²) in [5, 5.41) is 9.73. The molecule has 2 rings (SSSR count). The predicted molar refractivity (Wildman–Crippen MR) is 77.7 cm³/mol. The van der Waals surface area contributed by atoms with Gasteiger partial charge in [-0.2, -0.15) is 0 Å². The Kier molecular flexibility index (Phi) is 4.70. The van der Waals surface area contributed by atoms with Crippen LogP contribution in [0.25, 0.3) is 0 Å². The molecular formula is C16H25NO2. The van der Waals surface area contributed by atoms with Gasteiger partial charge in [0.2, 0.25) is 0 Å². The van der Waals surface area contributed by atoms with Crippen LogP contribution in [0.4, 0.5) is 0 Å². The van der Waals surface area contributed by atoms with E-state index in [0.29, 0.717) is 17.7 Å². The first-order chi connectivity index (χ1) is 9.13. The second-order valence-electron chi connectivity index (χ2n) is 5.72. The summed E-state index contributed by atoms with van der Waals surface area (Å²) in [6, 6.07) is 6.16. The molecule has 0 bridgehead atoms. The van der Waals surface area contributed by atoms with Crippen molar-refractivity contribution in [2.45, 2.75) is 39.2 Å². The van der Waals surface area contributed by atoms with E-state index in [1.807, 2.05) is 12.1 Å². The fourth-order valence-corrected chi connectivity index (χ4v) is 3.09. The summed E-state index contributed by atoms with van der Waals surface area (Å²) < 4.78 is 5.23. The maximum Gasteiger partial charge on any atom is 0.160 e. The van der Waals surface area contributed by atoms with Crippen LogP contribution in [0.5, 0.6) is 11.5 Å². The molecular weight excluding hydrogens is 238 g/mol. The lowest BCUT2D eigenvalue weighted by Crippen LogP contribution is -2.36. The number of ether oxygens (including phenoxy) is 1. The third kappa shape index (κ3) is 3.21. The highest BCUT2D eigenvalue weighted by molar-refractivity contribution is 5.42. The number of aromatic hydroxyl groups is 1. The highest BCUT2D eigenvalue weighted by Gasteiger charge is 2.25. The van der Waals surface area contributed by atoms with Crippen LogP contribution in [0, 0.1) is 5.92 Å². The van der Waals surface area contributed by atoms with Crippen LogP contribution in [0.2, 0.25) is 0 Å². The highest BCUT2D eigenvalue weighted by atomic mass is 16.5. The number of likely N-dealkylation sites (tertiary alicyclic amines) is 1. The molecule has 19 heavy (non-hydrogen) atoms. The van der Waals surface area contributed by atoms with Crippen molar-refractivity contribution < 1.29 is 9.84 Å². The molecule has 0 spiro atoms. The Morgan fingerprint density at radius 2 is 1.84 bits per heavy atom. The molecule has 1 atom stereocenters. The van der Waals surface area contributed by atoms with Crippen LogP contribution in [0.3, 0.4) is 0 Å². The Balaban J connectivity index is 2.27. The van der Waals surface area contributed by atoms with Crippen LogP contribution >= 0.6 is 0 Å².